The van der Waals surface area contributed by atoms with Crippen molar-refractivity contribution in [3.05, 3.63) is 0 Å². The van der Waals surface area contributed by atoms with Crippen molar-refractivity contribution in [2.24, 2.45) is 0 Å². The van der Waals surface area contributed by atoms with Crippen molar-refractivity contribution in [2.75, 3.05) is 20.6 Å². The first-order chi connectivity index (χ1) is 5.99. The van der Waals surface area contributed by atoms with Crippen LogP contribution in [0.2, 0.25) is 0 Å². The highest BCUT2D eigenvalue weighted by molar-refractivity contribution is 5.04. The molecule has 0 aromatic rings. The normalized spacial score (nSPS) is 17.9. The lowest BCUT2D eigenvalue weighted by atomic mass is 10.0. The van der Waals surface area contributed by atoms with E-state index in [4.69, 9.17) is 5.26 Å². The molecule has 0 heterocycles. The van der Waals surface area contributed by atoms with Crippen LogP contribution < -0.4 is 5.32 Å². The molecule has 76 valence electrons. The average molecular weight is 183 g/mol. The van der Waals surface area contributed by atoms with Gasteiger partial charge in [-0.2, -0.15) is 5.26 Å². The molecule has 0 amide bonds. The fraction of sp³-hybridized carbons (Fsp3) is 0.900. The van der Waals surface area contributed by atoms with Crippen molar-refractivity contribution < 1.29 is 0 Å². The molecule has 0 bridgehead atoms. The zero-order valence-electron chi connectivity index (χ0n) is 9.39. The number of likely N-dealkylation sites (N-methyl/N-ethyl adjacent to an activating group) is 2. The molecule has 0 aromatic heterocycles. The molecule has 2 unspecified atom stereocenters. The summed E-state index contributed by atoms with van der Waals surface area (Å²) in [5.74, 6) is 0. The lowest BCUT2D eigenvalue weighted by molar-refractivity contribution is 0.209. The summed E-state index contributed by atoms with van der Waals surface area (Å²) in [7, 11) is 3.88. The maximum absolute atomic E-state index is 8.95. The monoisotopic (exact) mass is 183 g/mol. The molecule has 0 aromatic carbocycles. The smallest absolute Gasteiger partial charge is 0.116 e. The fourth-order valence-corrected chi connectivity index (χ4v) is 1.14. The molecule has 0 aliphatic carbocycles. The van der Waals surface area contributed by atoms with Gasteiger partial charge >= 0.3 is 0 Å². The van der Waals surface area contributed by atoms with Crippen molar-refractivity contribution in [3.8, 4) is 6.07 Å². The van der Waals surface area contributed by atoms with Gasteiger partial charge in [-0.25, -0.2) is 0 Å². The van der Waals surface area contributed by atoms with Crippen molar-refractivity contribution in [1.29, 1.82) is 5.26 Å². The fourth-order valence-electron chi connectivity index (χ4n) is 1.14. The lowest BCUT2D eigenvalue weighted by Gasteiger charge is -2.31. The van der Waals surface area contributed by atoms with Gasteiger partial charge in [-0.3, -0.25) is 0 Å². The summed E-state index contributed by atoms with van der Waals surface area (Å²) in [6.45, 7) is 7.01. The Morgan fingerprint density at radius 1 is 1.62 bits per heavy atom. The first-order valence-corrected chi connectivity index (χ1v) is 4.79. The van der Waals surface area contributed by atoms with Crippen LogP contribution in [0.3, 0.4) is 0 Å². The lowest BCUT2D eigenvalue weighted by Crippen LogP contribution is -2.49. The molecule has 0 fully saturated rings. The third-order valence-corrected chi connectivity index (χ3v) is 2.71. The van der Waals surface area contributed by atoms with E-state index in [1.54, 1.807) is 0 Å². The minimum Gasteiger partial charge on any atom is -0.302 e. The second kappa shape index (κ2) is 5.21. The van der Waals surface area contributed by atoms with Crippen LogP contribution in [0.15, 0.2) is 0 Å². The molecule has 3 nitrogen and oxygen atoms in total. The Labute approximate surface area is 81.7 Å². The molecule has 2 atom stereocenters. The van der Waals surface area contributed by atoms with Crippen molar-refractivity contribution in [1.82, 2.24) is 10.2 Å². The van der Waals surface area contributed by atoms with Crippen LogP contribution in [0.5, 0.6) is 0 Å². The molecule has 0 radical (unpaired) electrons. The molecule has 13 heavy (non-hydrogen) atoms. The molecular formula is C10H21N3. The Kier molecular flexibility index (Phi) is 4.97. The predicted molar refractivity (Wildman–Crippen MR) is 55.5 cm³/mol. The quantitative estimate of drug-likeness (QED) is 0.696. The number of nitrogens with zero attached hydrogens (tertiary/aromatic N) is 2. The van der Waals surface area contributed by atoms with Crippen LogP contribution >= 0.6 is 0 Å². The summed E-state index contributed by atoms with van der Waals surface area (Å²) < 4.78 is 0. The van der Waals surface area contributed by atoms with Crippen molar-refractivity contribution in [2.45, 2.75) is 38.8 Å². The Morgan fingerprint density at radius 2 is 2.15 bits per heavy atom. The van der Waals surface area contributed by atoms with E-state index in [1.165, 1.54) is 0 Å². The van der Waals surface area contributed by atoms with E-state index < -0.39 is 5.54 Å². The van der Waals surface area contributed by atoms with E-state index in [-0.39, 0.29) is 0 Å². The van der Waals surface area contributed by atoms with E-state index in [9.17, 15) is 0 Å². The molecule has 0 saturated heterocycles. The van der Waals surface area contributed by atoms with Gasteiger partial charge in [0.2, 0.25) is 0 Å². The molecular weight excluding hydrogens is 162 g/mol. The van der Waals surface area contributed by atoms with Crippen molar-refractivity contribution >= 4 is 0 Å². The van der Waals surface area contributed by atoms with Gasteiger partial charge in [-0.1, -0.05) is 6.92 Å². The predicted octanol–water partition coefficient (Wildman–Crippen LogP) is 1.22. The van der Waals surface area contributed by atoms with Crippen LogP contribution in [0.4, 0.5) is 0 Å². The second-order valence-electron chi connectivity index (χ2n) is 3.87. The van der Waals surface area contributed by atoms with Crippen LogP contribution in [0.25, 0.3) is 0 Å². The van der Waals surface area contributed by atoms with Gasteiger partial charge in [0.05, 0.1) is 6.07 Å². The number of hydrogen-bond acceptors (Lipinski definition) is 3. The van der Waals surface area contributed by atoms with Gasteiger partial charge in [-0.15, -0.1) is 0 Å². The third kappa shape index (κ3) is 3.75. The van der Waals surface area contributed by atoms with Gasteiger partial charge in [0.1, 0.15) is 5.54 Å². The summed E-state index contributed by atoms with van der Waals surface area (Å²) in [5, 5.41) is 12.0. The Morgan fingerprint density at radius 3 is 2.46 bits per heavy atom. The van der Waals surface area contributed by atoms with Crippen LogP contribution in [-0.2, 0) is 0 Å². The highest BCUT2D eigenvalue weighted by Gasteiger charge is 2.24. The zero-order valence-corrected chi connectivity index (χ0v) is 9.39. The van der Waals surface area contributed by atoms with Crippen LogP contribution in [0, 0.1) is 11.3 Å². The minimum atomic E-state index is -0.432. The van der Waals surface area contributed by atoms with E-state index >= 15 is 0 Å². The number of nitrogens with one attached hydrogen (secondary N) is 1. The van der Waals surface area contributed by atoms with E-state index in [2.05, 4.69) is 37.2 Å². The molecule has 0 spiro atoms. The van der Waals surface area contributed by atoms with Crippen LogP contribution in [-0.4, -0.2) is 37.1 Å². The summed E-state index contributed by atoms with van der Waals surface area (Å²) in [4.78, 5) is 2.21. The zero-order chi connectivity index (χ0) is 10.5. The molecule has 0 saturated carbocycles. The Balaban J connectivity index is 4.18. The summed E-state index contributed by atoms with van der Waals surface area (Å²) in [6.07, 6.45) is 1.11. The second-order valence-corrected chi connectivity index (χ2v) is 3.87. The Hall–Kier alpha value is -0.590. The van der Waals surface area contributed by atoms with Gasteiger partial charge in [-0.05, 0) is 34.4 Å². The number of nitriles is 1. The molecule has 0 aliphatic rings. The number of rotatable bonds is 5. The minimum absolute atomic E-state index is 0.432. The summed E-state index contributed by atoms with van der Waals surface area (Å²) in [5.41, 5.74) is -0.432. The average Bonchev–Trinajstić information content (AvgIpc) is 2.16. The molecule has 3 heteroatoms. The number of hydrogen-bond donors (Lipinski definition) is 1. The standard InChI is InChI=1S/C10H21N3/c1-6-9(2)13(5)8-10(3,7-11)12-4/h9,12H,6,8H2,1-5H3. The first-order valence-electron chi connectivity index (χ1n) is 4.79. The van der Waals surface area contributed by atoms with E-state index in [0.717, 1.165) is 13.0 Å². The SMILES string of the molecule is CCC(C)N(C)CC(C)(C#N)NC. The Bertz CT molecular complexity index is 185. The highest BCUT2D eigenvalue weighted by Crippen LogP contribution is 2.07. The topological polar surface area (TPSA) is 39.1 Å². The van der Waals surface area contributed by atoms with Gasteiger partial charge in [0.15, 0.2) is 0 Å². The van der Waals surface area contributed by atoms with E-state index in [1.807, 2.05) is 14.0 Å². The molecule has 0 aliphatic heterocycles. The van der Waals surface area contributed by atoms with Gasteiger partial charge < -0.3 is 10.2 Å². The van der Waals surface area contributed by atoms with Crippen LogP contribution in [0.1, 0.15) is 27.2 Å². The maximum Gasteiger partial charge on any atom is 0.116 e. The van der Waals surface area contributed by atoms with Crippen molar-refractivity contribution in [3.63, 3.8) is 0 Å². The summed E-state index contributed by atoms with van der Waals surface area (Å²) in [6, 6.07) is 2.81. The van der Waals surface area contributed by atoms with Gasteiger partial charge in [0.25, 0.3) is 0 Å². The van der Waals surface area contributed by atoms with Gasteiger partial charge in [0, 0.05) is 12.6 Å². The largest absolute Gasteiger partial charge is 0.302 e. The highest BCUT2D eigenvalue weighted by atomic mass is 15.2. The maximum atomic E-state index is 8.95. The third-order valence-electron chi connectivity index (χ3n) is 2.71. The summed E-state index contributed by atoms with van der Waals surface area (Å²) >= 11 is 0. The molecule has 0 rings (SSSR count). The van der Waals surface area contributed by atoms with E-state index in [0.29, 0.717) is 6.04 Å². The first kappa shape index (κ1) is 12.4. The molecule has 1 N–H and O–H groups in total.